The fraction of sp³-hybridized carbons (Fsp3) is 0.250. The molecule has 1 aliphatic heterocycles. The first-order valence-corrected chi connectivity index (χ1v) is 9.75. The number of aliphatic hydroxyl groups is 1. The summed E-state index contributed by atoms with van der Waals surface area (Å²) in [6.45, 7) is 7.74. The van der Waals surface area contributed by atoms with Gasteiger partial charge in [0.05, 0.1) is 11.3 Å². The molecule has 27 heavy (non-hydrogen) atoms. The fourth-order valence-corrected chi connectivity index (χ4v) is 5.36. The van der Waals surface area contributed by atoms with E-state index in [1.807, 2.05) is 52.0 Å². The van der Waals surface area contributed by atoms with Gasteiger partial charge in [0, 0.05) is 30.6 Å². The van der Waals surface area contributed by atoms with Gasteiger partial charge < -0.3 is 10.4 Å². The first-order chi connectivity index (χ1) is 12.8. The van der Waals surface area contributed by atoms with Crippen LogP contribution >= 0.6 is 22.7 Å². The first kappa shape index (κ1) is 18.9. The average Bonchev–Trinajstić information content (AvgIpc) is 3.22. The Bertz CT molecular complexity index is 1130. The molecule has 0 fully saturated rings. The van der Waals surface area contributed by atoms with Gasteiger partial charge in [0.1, 0.15) is 18.2 Å². The average molecular weight is 393 g/mol. The molecule has 0 saturated carbocycles. The highest BCUT2D eigenvalue weighted by molar-refractivity contribution is 7.12. The monoisotopic (exact) mass is 392 g/mol. The van der Waals surface area contributed by atoms with Crippen molar-refractivity contribution in [1.82, 2.24) is 5.32 Å². The van der Waals surface area contributed by atoms with Crippen molar-refractivity contribution in [2.75, 3.05) is 0 Å². The van der Waals surface area contributed by atoms with Crippen LogP contribution < -0.4 is 5.32 Å². The van der Waals surface area contributed by atoms with E-state index >= 15 is 0 Å². The molecule has 134 valence electrons. The van der Waals surface area contributed by atoms with Crippen molar-refractivity contribution in [2.45, 2.75) is 33.4 Å². The third-order valence-corrected chi connectivity index (χ3v) is 6.43. The highest BCUT2D eigenvalue weighted by Crippen LogP contribution is 2.48. The highest BCUT2D eigenvalue weighted by Gasteiger charge is 2.47. The van der Waals surface area contributed by atoms with E-state index in [1.165, 1.54) is 0 Å². The molecule has 3 rings (SSSR count). The van der Waals surface area contributed by atoms with Crippen LogP contribution in [0.2, 0.25) is 0 Å². The lowest BCUT2D eigenvalue weighted by atomic mass is 9.89. The van der Waals surface area contributed by atoms with Gasteiger partial charge in [-0.1, -0.05) is 0 Å². The minimum absolute atomic E-state index is 0.0755. The normalized spacial score (nSPS) is 18.7. The van der Waals surface area contributed by atoms with Gasteiger partial charge in [-0.25, -0.2) is 0 Å². The predicted octanol–water partition coefficient (Wildman–Crippen LogP) is 4.07. The van der Waals surface area contributed by atoms with Crippen molar-refractivity contribution in [3.05, 3.63) is 59.6 Å². The van der Waals surface area contributed by atoms with Gasteiger partial charge in [-0.15, -0.1) is 22.7 Å². The number of hydrogen-bond donors (Lipinski definition) is 2. The molecule has 2 aromatic rings. The number of nitrogens with zero attached hydrogens (tertiary/aromatic N) is 3. The number of nitrogens with one attached hydrogen (secondary N) is 1. The summed E-state index contributed by atoms with van der Waals surface area (Å²) in [7, 11) is 0. The molecular formula is C20H16N4OS2. The summed E-state index contributed by atoms with van der Waals surface area (Å²) in [6, 6.07) is 9.55. The lowest BCUT2D eigenvalue weighted by Crippen LogP contribution is -2.39. The second-order valence-corrected chi connectivity index (χ2v) is 9.25. The highest BCUT2D eigenvalue weighted by atomic mass is 32.1. The van der Waals surface area contributed by atoms with Crippen LogP contribution in [0.4, 0.5) is 0 Å². The topological polar surface area (TPSA) is 104 Å². The van der Waals surface area contributed by atoms with E-state index in [2.05, 4.69) is 11.4 Å². The summed E-state index contributed by atoms with van der Waals surface area (Å²) in [4.78, 5) is 3.92. The van der Waals surface area contributed by atoms with Gasteiger partial charge in [-0.05, 0) is 45.4 Å². The van der Waals surface area contributed by atoms with Crippen LogP contribution in [0.3, 0.4) is 0 Å². The summed E-state index contributed by atoms with van der Waals surface area (Å²) in [6.07, 6.45) is 0. The molecule has 0 aromatic carbocycles. The largest absolute Gasteiger partial charge is 0.363 e. The molecule has 0 amide bonds. The molecule has 1 atom stereocenters. The Kier molecular flexibility index (Phi) is 4.68. The van der Waals surface area contributed by atoms with Crippen LogP contribution in [0.1, 0.15) is 30.6 Å². The van der Waals surface area contributed by atoms with Crippen molar-refractivity contribution in [3.63, 3.8) is 0 Å². The molecule has 0 spiro atoms. The minimum atomic E-state index is -1.69. The quantitative estimate of drug-likeness (QED) is 0.750. The molecule has 1 unspecified atom stereocenters. The molecule has 7 heteroatoms. The summed E-state index contributed by atoms with van der Waals surface area (Å²) in [5.74, 6) is 0. The van der Waals surface area contributed by atoms with E-state index < -0.39 is 5.72 Å². The van der Waals surface area contributed by atoms with Crippen molar-refractivity contribution < 1.29 is 5.11 Å². The first-order valence-electron chi connectivity index (χ1n) is 8.12. The number of nitriles is 3. The molecule has 2 aromatic heterocycles. The zero-order valence-corrected chi connectivity index (χ0v) is 16.9. The molecule has 3 heterocycles. The molecular weight excluding hydrogens is 376 g/mol. The van der Waals surface area contributed by atoms with Gasteiger partial charge >= 0.3 is 0 Å². The second-order valence-electron chi connectivity index (χ2n) is 6.32. The summed E-state index contributed by atoms with van der Waals surface area (Å²) < 4.78 is 0. The van der Waals surface area contributed by atoms with E-state index in [9.17, 15) is 20.9 Å². The zero-order valence-electron chi connectivity index (χ0n) is 15.3. The molecule has 1 aliphatic rings. The Morgan fingerprint density at radius 3 is 2.04 bits per heavy atom. The van der Waals surface area contributed by atoms with Gasteiger partial charge in [0.25, 0.3) is 0 Å². The number of allylic oxidation sites excluding steroid dienone is 2. The van der Waals surface area contributed by atoms with Crippen molar-refractivity contribution >= 4 is 28.2 Å². The third kappa shape index (κ3) is 2.85. The maximum atomic E-state index is 11.8. The number of hydrogen-bond acceptors (Lipinski definition) is 7. The van der Waals surface area contributed by atoms with E-state index in [0.29, 0.717) is 11.1 Å². The maximum absolute atomic E-state index is 11.8. The van der Waals surface area contributed by atoms with E-state index in [-0.39, 0.29) is 16.8 Å². The maximum Gasteiger partial charge on any atom is 0.192 e. The van der Waals surface area contributed by atoms with E-state index in [1.54, 1.807) is 22.7 Å². The van der Waals surface area contributed by atoms with Crippen LogP contribution in [-0.2, 0) is 5.72 Å². The van der Waals surface area contributed by atoms with E-state index in [0.717, 1.165) is 25.1 Å². The molecule has 2 N–H and O–H groups in total. The van der Waals surface area contributed by atoms with Crippen LogP contribution in [0.15, 0.2) is 29.0 Å². The molecule has 5 nitrogen and oxygen atoms in total. The van der Waals surface area contributed by atoms with Crippen molar-refractivity contribution in [2.24, 2.45) is 0 Å². The molecule has 0 radical (unpaired) electrons. The standard InChI is InChI=1S/C20H16N4OS2/c1-10-5-15(12(3)26-10)18-16(9-23)19(14(7-21)8-22)24-20(18,25)17-6-11(2)27-13(17)4/h5-6,24-25H,1-4H3. The fourth-order valence-electron chi connectivity index (χ4n) is 3.45. The Balaban J connectivity index is 2.44. The predicted molar refractivity (Wildman–Crippen MR) is 105 cm³/mol. The molecule has 0 bridgehead atoms. The summed E-state index contributed by atoms with van der Waals surface area (Å²) in [5.41, 5.74) is 0.0527. The summed E-state index contributed by atoms with van der Waals surface area (Å²) >= 11 is 3.11. The van der Waals surface area contributed by atoms with Crippen LogP contribution in [0.5, 0.6) is 0 Å². The third-order valence-electron chi connectivity index (χ3n) is 4.49. The zero-order chi connectivity index (χ0) is 19.9. The van der Waals surface area contributed by atoms with Crippen LogP contribution in [-0.4, -0.2) is 5.11 Å². The van der Waals surface area contributed by atoms with Gasteiger partial charge in [-0.2, -0.15) is 15.8 Å². The Hall–Kier alpha value is -2.89. The van der Waals surface area contributed by atoms with Gasteiger partial charge in [0.2, 0.25) is 0 Å². The number of aryl methyl sites for hydroxylation is 4. The summed E-state index contributed by atoms with van der Waals surface area (Å²) in [5, 5.41) is 43.2. The van der Waals surface area contributed by atoms with Crippen LogP contribution in [0.25, 0.3) is 5.57 Å². The Morgan fingerprint density at radius 1 is 1.00 bits per heavy atom. The Labute approximate surface area is 165 Å². The SMILES string of the molecule is Cc1cc(C2=C(C#N)C(=C(C#N)C#N)NC2(O)c2cc(C)sc2C)c(C)s1. The molecule has 0 aliphatic carbocycles. The lowest BCUT2D eigenvalue weighted by molar-refractivity contribution is 0.0809. The van der Waals surface area contributed by atoms with Gasteiger partial charge in [-0.3, -0.25) is 0 Å². The van der Waals surface area contributed by atoms with Gasteiger partial charge in [0.15, 0.2) is 11.3 Å². The molecule has 0 saturated heterocycles. The van der Waals surface area contributed by atoms with Crippen molar-refractivity contribution in [1.29, 1.82) is 15.8 Å². The number of rotatable bonds is 2. The lowest BCUT2D eigenvalue weighted by Gasteiger charge is -2.28. The van der Waals surface area contributed by atoms with Crippen LogP contribution in [0, 0.1) is 61.7 Å². The Morgan fingerprint density at radius 2 is 1.59 bits per heavy atom. The van der Waals surface area contributed by atoms with Crippen molar-refractivity contribution in [3.8, 4) is 18.2 Å². The van der Waals surface area contributed by atoms with E-state index in [4.69, 9.17) is 0 Å². The number of thiophene rings is 2. The smallest absolute Gasteiger partial charge is 0.192 e. The second kappa shape index (κ2) is 6.68. The minimum Gasteiger partial charge on any atom is -0.363 e.